The summed E-state index contributed by atoms with van der Waals surface area (Å²) >= 11 is 1.62. The molecule has 1 aromatic rings. The zero-order valence-corrected chi connectivity index (χ0v) is 9.52. The molecule has 1 heterocycles. The van der Waals surface area contributed by atoms with Crippen LogP contribution in [0.4, 0.5) is 5.69 Å². The molecule has 0 radical (unpaired) electrons. The predicted molar refractivity (Wildman–Crippen MR) is 61.7 cm³/mol. The van der Waals surface area contributed by atoms with Gasteiger partial charge in [0.2, 0.25) is 0 Å². The van der Waals surface area contributed by atoms with E-state index in [1.807, 2.05) is 19.9 Å². The van der Waals surface area contributed by atoms with E-state index in [1.54, 1.807) is 11.8 Å². The number of carbonyl (C=O) groups is 1. The molecule has 0 saturated carbocycles. The number of anilines is 1. The summed E-state index contributed by atoms with van der Waals surface area (Å²) in [5.41, 5.74) is 3.30. The lowest BCUT2D eigenvalue weighted by atomic mass is 10.1. The van der Waals surface area contributed by atoms with Crippen LogP contribution in [0, 0.1) is 13.8 Å². The van der Waals surface area contributed by atoms with E-state index in [2.05, 4.69) is 11.4 Å². The summed E-state index contributed by atoms with van der Waals surface area (Å²) in [4.78, 5) is 12.1. The summed E-state index contributed by atoms with van der Waals surface area (Å²) < 4.78 is 0. The molecular formula is C11H13NO2S. The molecule has 1 aliphatic heterocycles. The number of carboxylic acids is 1. The van der Waals surface area contributed by atoms with Crippen molar-refractivity contribution in [1.29, 1.82) is 0 Å². The summed E-state index contributed by atoms with van der Waals surface area (Å²) in [7, 11) is 0. The molecule has 0 aliphatic carbocycles. The van der Waals surface area contributed by atoms with Crippen molar-refractivity contribution in [3.63, 3.8) is 0 Å². The summed E-state index contributed by atoms with van der Waals surface area (Å²) in [6.07, 6.45) is 0. The minimum absolute atomic E-state index is 0.469. The summed E-state index contributed by atoms with van der Waals surface area (Å²) in [6.45, 7) is 4.05. The molecule has 1 unspecified atom stereocenters. The molecule has 2 rings (SSSR count). The molecule has 0 amide bonds. The van der Waals surface area contributed by atoms with Gasteiger partial charge in [-0.1, -0.05) is 12.1 Å². The second-order valence-electron chi connectivity index (χ2n) is 3.75. The third kappa shape index (κ3) is 1.81. The molecule has 1 atom stereocenters. The lowest BCUT2D eigenvalue weighted by Crippen LogP contribution is -2.34. The van der Waals surface area contributed by atoms with E-state index in [1.165, 1.54) is 10.5 Å². The highest BCUT2D eigenvalue weighted by atomic mass is 32.2. The van der Waals surface area contributed by atoms with E-state index in [-0.39, 0.29) is 0 Å². The molecule has 0 spiro atoms. The monoisotopic (exact) mass is 223 g/mol. The molecule has 1 aliphatic rings. The van der Waals surface area contributed by atoms with Gasteiger partial charge < -0.3 is 10.4 Å². The first-order valence-corrected chi connectivity index (χ1v) is 5.80. The Hall–Kier alpha value is -1.16. The zero-order valence-electron chi connectivity index (χ0n) is 8.70. The highest BCUT2D eigenvalue weighted by Gasteiger charge is 2.25. The molecule has 0 saturated heterocycles. The Morgan fingerprint density at radius 1 is 1.47 bits per heavy atom. The van der Waals surface area contributed by atoms with Gasteiger partial charge in [-0.2, -0.15) is 0 Å². The maximum atomic E-state index is 10.9. The first-order chi connectivity index (χ1) is 7.09. The van der Waals surface area contributed by atoms with Crippen LogP contribution in [0.15, 0.2) is 17.0 Å². The fraction of sp³-hybridized carbons (Fsp3) is 0.364. The van der Waals surface area contributed by atoms with Crippen LogP contribution in [-0.2, 0) is 4.79 Å². The number of aryl methyl sites for hydroxylation is 2. The number of benzene rings is 1. The van der Waals surface area contributed by atoms with Gasteiger partial charge in [0.1, 0.15) is 6.04 Å². The molecular weight excluding hydrogens is 210 g/mol. The Morgan fingerprint density at radius 3 is 2.80 bits per heavy atom. The molecule has 15 heavy (non-hydrogen) atoms. The van der Waals surface area contributed by atoms with Crippen LogP contribution >= 0.6 is 11.8 Å². The van der Waals surface area contributed by atoms with Crippen LogP contribution in [-0.4, -0.2) is 22.9 Å². The highest BCUT2D eigenvalue weighted by molar-refractivity contribution is 7.99. The number of thioether (sulfide) groups is 1. The van der Waals surface area contributed by atoms with Crippen molar-refractivity contribution < 1.29 is 9.90 Å². The van der Waals surface area contributed by atoms with Crippen LogP contribution in [0.1, 0.15) is 11.1 Å². The second kappa shape index (κ2) is 3.77. The van der Waals surface area contributed by atoms with Crippen molar-refractivity contribution in [3.8, 4) is 0 Å². The first kappa shape index (κ1) is 10.4. The van der Waals surface area contributed by atoms with Crippen molar-refractivity contribution in [2.24, 2.45) is 0 Å². The van der Waals surface area contributed by atoms with E-state index >= 15 is 0 Å². The maximum absolute atomic E-state index is 10.9. The number of hydrogen-bond donors (Lipinski definition) is 2. The lowest BCUT2D eigenvalue weighted by Gasteiger charge is -2.26. The minimum Gasteiger partial charge on any atom is -0.480 e. The van der Waals surface area contributed by atoms with Gasteiger partial charge in [-0.25, -0.2) is 4.79 Å². The van der Waals surface area contributed by atoms with Crippen molar-refractivity contribution >= 4 is 23.4 Å². The van der Waals surface area contributed by atoms with Gasteiger partial charge in [0, 0.05) is 10.6 Å². The Balaban J connectivity index is 2.41. The number of nitrogens with one attached hydrogen (secondary N) is 1. The predicted octanol–water partition coefficient (Wildman–Crippen LogP) is 2.27. The number of hydrogen-bond acceptors (Lipinski definition) is 3. The van der Waals surface area contributed by atoms with Crippen molar-refractivity contribution in [2.45, 2.75) is 24.8 Å². The largest absolute Gasteiger partial charge is 0.480 e. The van der Waals surface area contributed by atoms with E-state index in [9.17, 15) is 4.79 Å². The van der Waals surface area contributed by atoms with E-state index < -0.39 is 12.0 Å². The molecule has 0 bridgehead atoms. The number of carboxylic acid groups (broad SMARTS) is 1. The van der Waals surface area contributed by atoms with Crippen LogP contribution in [0.25, 0.3) is 0 Å². The van der Waals surface area contributed by atoms with Crippen molar-refractivity contribution in [2.75, 3.05) is 11.1 Å². The Bertz CT molecular complexity index is 417. The third-order valence-corrected chi connectivity index (χ3v) is 3.89. The van der Waals surface area contributed by atoms with Gasteiger partial charge in [-0.15, -0.1) is 11.8 Å². The Morgan fingerprint density at radius 2 is 2.13 bits per heavy atom. The van der Waals surface area contributed by atoms with Gasteiger partial charge in [0.05, 0.1) is 5.69 Å². The number of aliphatic carboxylic acids is 1. The molecule has 1 aromatic carbocycles. The average molecular weight is 223 g/mol. The molecule has 4 heteroatoms. The van der Waals surface area contributed by atoms with Crippen LogP contribution in [0.3, 0.4) is 0 Å². The lowest BCUT2D eigenvalue weighted by molar-refractivity contribution is -0.137. The molecule has 2 N–H and O–H groups in total. The van der Waals surface area contributed by atoms with Crippen molar-refractivity contribution in [3.05, 3.63) is 23.3 Å². The van der Waals surface area contributed by atoms with E-state index in [4.69, 9.17) is 5.11 Å². The SMILES string of the molecule is Cc1ccc(C)c2c1NC(C(=O)O)CS2. The van der Waals surface area contributed by atoms with Gasteiger partial charge in [-0.3, -0.25) is 0 Å². The van der Waals surface area contributed by atoms with Crippen LogP contribution in [0.2, 0.25) is 0 Å². The molecule has 0 aromatic heterocycles. The maximum Gasteiger partial charge on any atom is 0.326 e. The molecule has 80 valence electrons. The Kier molecular flexibility index (Phi) is 2.61. The standard InChI is InChI=1S/C11H13NO2S/c1-6-3-4-7(2)10-9(6)12-8(5-15-10)11(13)14/h3-4,8,12H,5H2,1-2H3,(H,13,14). The fourth-order valence-electron chi connectivity index (χ4n) is 1.67. The van der Waals surface area contributed by atoms with Crippen molar-refractivity contribution in [1.82, 2.24) is 0 Å². The van der Waals surface area contributed by atoms with E-state index in [0.717, 1.165) is 11.3 Å². The first-order valence-electron chi connectivity index (χ1n) is 4.82. The summed E-state index contributed by atoms with van der Waals surface area (Å²) in [6, 6.07) is 3.62. The Labute approximate surface area is 92.9 Å². The highest BCUT2D eigenvalue weighted by Crippen LogP contribution is 2.37. The minimum atomic E-state index is -0.783. The molecule has 0 fully saturated rings. The number of rotatable bonds is 1. The third-order valence-electron chi connectivity index (χ3n) is 2.57. The normalized spacial score (nSPS) is 19.2. The van der Waals surface area contributed by atoms with Gasteiger partial charge in [0.15, 0.2) is 0 Å². The van der Waals surface area contributed by atoms with Gasteiger partial charge in [0.25, 0.3) is 0 Å². The van der Waals surface area contributed by atoms with Gasteiger partial charge >= 0.3 is 5.97 Å². The fourth-order valence-corrected chi connectivity index (χ4v) is 2.89. The van der Waals surface area contributed by atoms with Crippen LogP contribution in [0.5, 0.6) is 0 Å². The summed E-state index contributed by atoms with van der Waals surface area (Å²) in [5, 5.41) is 12.0. The average Bonchev–Trinajstić information content (AvgIpc) is 2.23. The summed E-state index contributed by atoms with van der Waals surface area (Å²) in [5.74, 6) is -0.193. The second-order valence-corrected chi connectivity index (χ2v) is 4.78. The van der Waals surface area contributed by atoms with E-state index in [0.29, 0.717) is 5.75 Å². The van der Waals surface area contributed by atoms with Gasteiger partial charge in [-0.05, 0) is 25.0 Å². The topological polar surface area (TPSA) is 49.3 Å². The zero-order chi connectivity index (χ0) is 11.0. The quantitative estimate of drug-likeness (QED) is 0.767. The molecule has 3 nitrogen and oxygen atoms in total. The van der Waals surface area contributed by atoms with Crippen LogP contribution < -0.4 is 5.32 Å². The smallest absolute Gasteiger partial charge is 0.326 e. The number of fused-ring (bicyclic) bond motifs is 1.